The van der Waals surface area contributed by atoms with Gasteiger partial charge >= 0.3 is 0 Å². The predicted octanol–water partition coefficient (Wildman–Crippen LogP) is 3.87. The number of benzene rings is 1. The average Bonchev–Trinajstić information content (AvgIpc) is 2.59. The summed E-state index contributed by atoms with van der Waals surface area (Å²) in [7, 11) is 0. The van der Waals surface area contributed by atoms with Gasteiger partial charge in [-0.2, -0.15) is 0 Å². The molecule has 2 aromatic heterocycles. The lowest BCUT2D eigenvalue weighted by Gasteiger charge is -2.02. The zero-order valence-corrected chi connectivity index (χ0v) is 13.9. The van der Waals surface area contributed by atoms with Crippen LogP contribution in [0.4, 0.5) is 0 Å². The van der Waals surface area contributed by atoms with E-state index < -0.39 is 0 Å². The number of aryl methyl sites for hydroxylation is 2. The van der Waals surface area contributed by atoms with Gasteiger partial charge in [0.15, 0.2) is 37.9 Å². The van der Waals surface area contributed by atoms with Crippen molar-refractivity contribution in [2.75, 3.05) is 0 Å². The first-order chi connectivity index (χ1) is 11.2. The summed E-state index contributed by atoms with van der Waals surface area (Å²) in [5, 5.41) is 0. The first-order valence-electron chi connectivity index (χ1n) is 8.24. The monoisotopic (exact) mass is 320 g/mol. The number of hydrogen-bond donors (Lipinski definition) is 0. The molecule has 2 heteroatoms. The minimum atomic E-state index is 0. The molecule has 0 spiro atoms. The lowest BCUT2D eigenvalue weighted by Crippen LogP contribution is -2.34. The number of nitrogens with zero attached hydrogens (tertiary/aromatic N) is 2. The van der Waals surface area contributed by atoms with Gasteiger partial charge in [-0.25, -0.2) is 9.13 Å². The molecule has 2 nitrogen and oxygen atoms in total. The third-order valence-electron chi connectivity index (χ3n) is 4.18. The van der Waals surface area contributed by atoms with Gasteiger partial charge in [0.25, 0.3) is 0 Å². The summed E-state index contributed by atoms with van der Waals surface area (Å²) in [6.45, 7) is 6.13. The third kappa shape index (κ3) is 4.76. The number of rotatable bonds is 5. The van der Waals surface area contributed by atoms with E-state index >= 15 is 0 Å². The molecule has 3 rings (SSSR count). The molecule has 0 radical (unpaired) electrons. The van der Waals surface area contributed by atoms with Crippen LogP contribution in [0.1, 0.15) is 36.6 Å². The standard InChI is InChI=1S/C21H24N2.CH4/c1-3-19-10-14-23(15-11-19)17-21-6-4-20(5-7-21)16-22-12-8-18(2)9-13-22;/h4-15H,3,16-17H2,1-2H3;1H4/q+2;. The van der Waals surface area contributed by atoms with Crippen LogP contribution in [-0.2, 0) is 19.5 Å². The van der Waals surface area contributed by atoms with Crippen molar-refractivity contribution >= 4 is 0 Å². The zero-order valence-electron chi connectivity index (χ0n) is 13.9. The Bertz CT molecular complexity index is 741. The van der Waals surface area contributed by atoms with Crippen LogP contribution in [0.3, 0.4) is 0 Å². The van der Waals surface area contributed by atoms with Crippen LogP contribution in [0.15, 0.2) is 73.3 Å². The normalized spacial score (nSPS) is 10.2. The molecule has 0 unspecified atom stereocenters. The van der Waals surface area contributed by atoms with Crippen molar-refractivity contribution < 1.29 is 9.13 Å². The Morgan fingerprint density at radius 1 is 0.625 bits per heavy atom. The molecule has 0 fully saturated rings. The van der Waals surface area contributed by atoms with Gasteiger partial charge in [-0.1, -0.05) is 38.6 Å². The van der Waals surface area contributed by atoms with Gasteiger partial charge < -0.3 is 0 Å². The molecule has 24 heavy (non-hydrogen) atoms. The number of hydrogen-bond acceptors (Lipinski definition) is 0. The van der Waals surface area contributed by atoms with Crippen molar-refractivity contribution in [1.29, 1.82) is 0 Å². The van der Waals surface area contributed by atoms with Crippen LogP contribution < -0.4 is 9.13 Å². The van der Waals surface area contributed by atoms with E-state index in [9.17, 15) is 0 Å². The first-order valence-corrected chi connectivity index (χ1v) is 8.24. The summed E-state index contributed by atoms with van der Waals surface area (Å²) in [6, 6.07) is 17.6. The summed E-state index contributed by atoms with van der Waals surface area (Å²) >= 11 is 0. The fourth-order valence-electron chi connectivity index (χ4n) is 2.64. The molecule has 0 aliphatic heterocycles. The second-order valence-electron chi connectivity index (χ2n) is 6.10. The van der Waals surface area contributed by atoms with Crippen molar-refractivity contribution in [2.45, 2.75) is 40.8 Å². The minimum Gasteiger partial charge on any atom is -0.201 e. The van der Waals surface area contributed by atoms with Gasteiger partial charge in [-0.15, -0.1) is 0 Å². The Kier molecular flexibility index (Phi) is 6.25. The van der Waals surface area contributed by atoms with Crippen molar-refractivity contribution in [3.05, 3.63) is 95.6 Å². The molecule has 1 aromatic carbocycles. The Labute approximate surface area is 146 Å². The lowest BCUT2D eigenvalue weighted by molar-refractivity contribution is -0.689. The Hall–Kier alpha value is -2.48. The summed E-state index contributed by atoms with van der Waals surface area (Å²) in [6.07, 6.45) is 9.68. The molecule has 0 N–H and O–H groups in total. The molecule has 0 saturated heterocycles. The van der Waals surface area contributed by atoms with Gasteiger partial charge in [-0.05, 0) is 24.5 Å². The van der Waals surface area contributed by atoms with E-state index in [0.29, 0.717) is 0 Å². The van der Waals surface area contributed by atoms with Crippen LogP contribution in [0.25, 0.3) is 0 Å². The van der Waals surface area contributed by atoms with E-state index in [1.54, 1.807) is 0 Å². The number of pyridine rings is 2. The molecule has 3 aromatic rings. The van der Waals surface area contributed by atoms with Crippen molar-refractivity contribution in [3.8, 4) is 0 Å². The molecule has 124 valence electrons. The van der Waals surface area contributed by atoms with Crippen LogP contribution in [0.2, 0.25) is 0 Å². The Balaban J connectivity index is 0.00000208. The van der Waals surface area contributed by atoms with E-state index in [1.165, 1.54) is 22.3 Å². The van der Waals surface area contributed by atoms with Gasteiger partial charge in [0.05, 0.1) is 0 Å². The lowest BCUT2D eigenvalue weighted by atomic mass is 10.1. The number of aromatic nitrogens is 2. The van der Waals surface area contributed by atoms with E-state index in [0.717, 1.165) is 19.5 Å². The van der Waals surface area contributed by atoms with E-state index in [1.807, 2.05) is 0 Å². The maximum atomic E-state index is 2.23. The van der Waals surface area contributed by atoms with Crippen LogP contribution in [0, 0.1) is 6.92 Å². The van der Waals surface area contributed by atoms with E-state index in [4.69, 9.17) is 0 Å². The SMILES string of the molecule is C.CCc1cc[n+](Cc2ccc(C[n+]3ccc(C)cc3)cc2)cc1. The van der Waals surface area contributed by atoms with Gasteiger partial charge in [0, 0.05) is 35.4 Å². The summed E-state index contributed by atoms with van der Waals surface area (Å²) < 4.78 is 4.43. The van der Waals surface area contributed by atoms with Gasteiger partial charge in [-0.3, -0.25) is 0 Å². The third-order valence-corrected chi connectivity index (χ3v) is 4.18. The Morgan fingerprint density at radius 3 is 1.46 bits per heavy atom. The first kappa shape index (κ1) is 17.9. The molecule has 0 aliphatic rings. The molecule has 0 bridgehead atoms. The molecular weight excluding hydrogens is 292 g/mol. The molecule has 0 amide bonds. The maximum Gasteiger partial charge on any atom is 0.173 e. The predicted molar refractivity (Wildman–Crippen MR) is 98.8 cm³/mol. The van der Waals surface area contributed by atoms with E-state index in [-0.39, 0.29) is 7.43 Å². The Morgan fingerprint density at radius 2 is 1.04 bits per heavy atom. The highest BCUT2D eigenvalue weighted by Gasteiger charge is 2.05. The molecule has 0 saturated carbocycles. The highest BCUT2D eigenvalue weighted by molar-refractivity contribution is 5.21. The minimum absolute atomic E-state index is 0. The zero-order chi connectivity index (χ0) is 16.1. The highest BCUT2D eigenvalue weighted by atomic mass is 14.9. The highest BCUT2D eigenvalue weighted by Crippen LogP contribution is 2.05. The van der Waals surface area contributed by atoms with Gasteiger partial charge in [0.1, 0.15) is 0 Å². The molecule has 0 atom stereocenters. The molecule has 2 heterocycles. The summed E-state index contributed by atoms with van der Waals surface area (Å²) in [5.41, 5.74) is 5.33. The van der Waals surface area contributed by atoms with Gasteiger partial charge in [0.2, 0.25) is 0 Å². The summed E-state index contributed by atoms with van der Waals surface area (Å²) in [5.74, 6) is 0. The van der Waals surface area contributed by atoms with E-state index in [2.05, 4.69) is 96.3 Å². The van der Waals surface area contributed by atoms with Crippen LogP contribution in [-0.4, -0.2) is 0 Å². The van der Waals surface area contributed by atoms with Crippen molar-refractivity contribution in [3.63, 3.8) is 0 Å². The fourth-order valence-corrected chi connectivity index (χ4v) is 2.64. The van der Waals surface area contributed by atoms with Crippen LogP contribution >= 0.6 is 0 Å². The summed E-state index contributed by atoms with van der Waals surface area (Å²) in [4.78, 5) is 0. The maximum absolute atomic E-state index is 2.23. The second kappa shape index (κ2) is 8.39. The molecule has 0 aliphatic carbocycles. The quantitative estimate of drug-likeness (QED) is 0.631. The van der Waals surface area contributed by atoms with Crippen molar-refractivity contribution in [1.82, 2.24) is 0 Å². The molecular formula is C22H28N2+2. The van der Waals surface area contributed by atoms with Crippen molar-refractivity contribution in [2.24, 2.45) is 0 Å². The fraction of sp³-hybridized carbons (Fsp3) is 0.273. The topological polar surface area (TPSA) is 7.76 Å². The second-order valence-corrected chi connectivity index (χ2v) is 6.10. The van der Waals surface area contributed by atoms with Crippen LogP contribution in [0.5, 0.6) is 0 Å². The largest absolute Gasteiger partial charge is 0.201 e. The average molecular weight is 320 g/mol. The smallest absolute Gasteiger partial charge is 0.173 e.